The standard InChI is InChI=1S/C14H26N2O5/c1-14(2,3)21-13(18)16-7-6-15(8-9-19-4)11(10-16)12(17)20-5/h11H,6-10H2,1-5H3/t11-/m0/s1. The largest absolute Gasteiger partial charge is 0.468 e. The number of esters is 1. The number of piperazine rings is 1. The van der Waals surface area contributed by atoms with E-state index in [1.807, 2.05) is 25.7 Å². The highest BCUT2D eigenvalue weighted by molar-refractivity contribution is 5.77. The minimum Gasteiger partial charge on any atom is -0.468 e. The predicted octanol–water partition coefficient (Wildman–Crippen LogP) is 0.727. The van der Waals surface area contributed by atoms with Crippen LogP contribution in [0.15, 0.2) is 0 Å². The molecule has 0 bridgehead atoms. The number of ether oxygens (including phenoxy) is 3. The third-order valence-electron chi connectivity index (χ3n) is 3.20. The summed E-state index contributed by atoms with van der Waals surface area (Å²) in [4.78, 5) is 27.5. The average Bonchev–Trinajstić information content (AvgIpc) is 2.42. The third-order valence-corrected chi connectivity index (χ3v) is 3.20. The zero-order chi connectivity index (χ0) is 16.0. The zero-order valence-corrected chi connectivity index (χ0v) is 13.5. The highest BCUT2D eigenvalue weighted by Gasteiger charge is 2.36. The molecule has 1 aliphatic heterocycles. The summed E-state index contributed by atoms with van der Waals surface area (Å²) in [6, 6.07) is -0.480. The van der Waals surface area contributed by atoms with Gasteiger partial charge in [0, 0.05) is 26.7 Å². The highest BCUT2D eigenvalue weighted by Crippen LogP contribution is 2.15. The molecule has 7 nitrogen and oxygen atoms in total. The Balaban J connectivity index is 2.69. The monoisotopic (exact) mass is 302 g/mol. The molecule has 1 rings (SSSR count). The van der Waals surface area contributed by atoms with Crippen molar-refractivity contribution in [3.8, 4) is 0 Å². The maximum Gasteiger partial charge on any atom is 0.410 e. The van der Waals surface area contributed by atoms with Crippen molar-refractivity contribution in [2.45, 2.75) is 32.4 Å². The molecule has 1 heterocycles. The molecule has 1 aliphatic rings. The second-order valence-electron chi connectivity index (χ2n) is 5.99. The van der Waals surface area contributed by atoms with Crippen molar-refractivity contribution in [2.75, 3.05) is 47.0 Å². The lowest BCUT2D eigenvalue weighted by atomic mass is 10.1. The summed E-state index contributed by atoms with van der Waals surface area (Å²) < 4.78 is 15.2. The molecule has 1 atom stereocenters. The van der Waals surface area contributed by atoms with Gasteiger partial charge in [-0.3, -0.25) is 9.69 Å². The first-order chi connectivity index (χ1) is 9.78. The van der Waals surface area contributed by atoms with Crippen LogP contribution in [0.3, 0.4) is 0 Å². The summed E-state index contributed by atoms with van der Waals surface area (Å²) in [5, 5.41) is 0. The predicted molar refractivity (Wildman–Crippen MR) is 77.1 cm³/mol. The van der Waals surface area contributed by atoms with E-state index in [0.29, 0.717) is 26.2 Å². The van der Waals surface area contributed by atoms with Crippen LogP contribution >= 0.6 is 0 Å². The number of rotatable bonds is 4. The zero-order valence-electron chi connectivity index (χ0n) is 13.5. The van der Waals surface area contributed by atoms with Crippen molar-refractivity contribution < 1.29 is 23.8 Å². The second kappa shape index (κ2) is 7.61. The lowest BCUT2D eigenvalue weighted by molar-refractivity contribution is -0.149. The summed E-state index contributed by atoms with van der Waals surface area (Å²) >= 11 is 0. The molecular formula is C14H26N2O5. The van der Waals surface area contributed by atoms with E-state index in [1.54, 1.807) is 12.0 Å². The Morgan fingerprint density at radius 3 is 2.38 bits per heavy atom. The Bertz CT molecular complexity index is 367. The Kier molecular flexibility index (Phi) is 6.42. The van der Waals surface area contributed by atoms with Crippen LogP contribution in [0.1, 0.15) is 20.8 Å². The fraction of sp³-hybridized carbons (Fsp3) is 0.857. The molecule has 1 fully saturated rings. The van der Waals surface area contributed by atoms with Crippen LogP contribution in [0, 0.1) is 0 Å². The van der Waals surface area contributed by atoms with Crippen LogP contribution in [0.5, 0.6) is 0 Å². The number of amides is 1. The normalized spacial score (nSPS) is 20.2. The number of carbonyl (C=O) groups is 2. The Hall–Kier alpha value is -1.34. The Labute approximate surface area is 126 Å². The van der Waals surface area contributed by atoms with Gasteiger partial charge in [-0.2, -0.15) is 0 Å². The Morgan fingerprint density at radius 2 is 1.86 bits per heavy atom. The summed E-state index contributed by atoms with van der Waals surface area (Å²) in [7, 11) is 2.97. The van der Waals surface area contributed by atoms with Crippen LogP contribution in [-0.4, -0.2) is 80.5 Å². The van der Waals surface area contributed by atoms with Gasteiger partial charge in [-0.1, -0.05) is 0 Å². The van der Waals surface area contributed by atoms with Crippen molar-refractivity contribution in [1.82, 2.24) is 9.80 Å². The lowest BCUT2D eigenvalue weighted by Gasteiger charge is -2.39. The summed E-state index contributed by atoms with van der Waals surface area (Å²) in [5.74, 6) is -0.348. The van der Waals surface area contributed by atoms with E-state index in [-0.39, 0.29) is 12.5 Å². The van der Waals surface area contributed by atoms with E-state index in [4.69, 9.17) is 14.2 Å². The first-order valence-corrected chi connectivity index (χ1v) is 7.07. The third kappa shape index (κ3) is 5.51. The minimum atomic E-state index is -0.551. The molecule has 0 N–H and O–H groups in total. The number of hydrogen-bond donors (Lipinski definition) is 0. The van der Waals surface area contributed by atoms with E-state index in [2.05, 4.69) is 0 Å². The smallest absolute Gasteiger partial charge is 0.410 e. The topological polar surface area (TPSA) is 68.3 Å². The molecule has 0 aromatic heterocycles. The number of carbonyl (C=O) groups excluding carboxylic acids is 2. The van der Waals surface area contributed by atoms with Gasteiger partial charge in [-0.15, -0.1) is 0 Å². The summed E-state index contributed by atoms with van der Waals surface area (Å²) in [6.07, 6.45) is -0.400. The maximum atomic E-state index is 12.1. The quantitative estimate of drug-likeness (QED) is 0.713. The summed E-state index contributed by atoms with van der Waals surface area (Å²) in [5.41, 5.74) is -0.551. The molecule has 1 saturated heterocycles. The van der Waals surface area contributed by atoms with E-state index in [9.17, 15) is 9.59 Å². The molecule has 122 valence electrons. The fourth-order valence-electron chi connectivity index (χ4n) is 2.15. The second-order valence-corrected chi connectivity index (χ2v) is 5.99. The molecule has 0 unspecified atom stereocenters. The van der Waals surface area contributed by atoms with E-state index >= 15 is 0 Å². The molecular weight excluding hydrogens is 276 g/mol. The average molecular weight is 302 g/mol. The van der Waals surface area contributed by atoms with Crippen LogP contribution < -0.4 is 0 Å². The van der Waals surface area contributed by atoms with Crippen LogP contribution in [0.4, 0.5) is 4.79 Å². The summed E-state index contributed by atoms with van der Waals surface area (Å²) in [6.45, 7) is 7.98. The van der Waals surface area contributed by atoms with Crippen molar-refractivity contribution in [2.24, 2.45) is 0 Å². The van der Waals surface area contributed by atoms with Gasteiger partial charge in [0.1, 0.15) is 11.6 Å². The molecule has 0 saturated carbocycles. The first kappa shape index (κ1) is 17.7. The van der Waals surface area contributed by atoms with Gasteiger partial charge in [-0.25, -0.2) is 4.79 Å². The van der Waals surface area contributed by atoms with Crippen molar-refractivity contribution in [3.63, 3.8) is 0 Å². The molecule has 21 heavy (non-hydrogen) atoms. The molecule has 0 spiro atoms. The number of hydrogen-bond acceptors (Lipinski definition) is 6. The van der Waals surface area contributed by atoms with Gasteiger partial charge >= 0.3 is 12.1 Å². The van der Waals surface area contributed by atoms with Gasteiger partial charge in [0.2, 0.25) is 0 Å². The van der Waals surface area contributed by atoms with Gasteiger partial charge in [0.25, 0.3) is 0 Å². The van der Waals surface area contributed by atoms with E-state index in [1.165, 1.54) is 7.11 Å². The number of nitrogens with zero attached hydrogens (tertiary/aromatic N) is 2. The molecule has 0 aliphatic carbocycles. The van der Waals surface area contributed by atoms with Gasteiger partial charge in [-0.05, 0) is 20.8 Å². The Morgan fingerprint density at radius 1 is 1.19 bits per heavy atom. The van der Waals surface area contributed by atoms with Crippen molar-refractivity contribution >= 4 is 12.1 Å². The SMILES string of the molecule is COCCN1CCN(C(=O)OC(C)(C)C)C[C@H]1C(=O)OC. The van der Waals surface area contributed by atoms with Crippen molar-refractivity contribution in [3.05, 3.63) is 0 Å². The van der Waals surface area contributed by atoms with Gasteiger partial charge in [0.15, 0.2) is 0 Å². The fourth-order valence-corrected chi connectivity index (χ4v) is 2.15. The van der Waals surface area contributed by atoms with Crippen LogP contribution in [0.25, 0.3) is 0 Å². The molecule has 1 amide bonds. The maximum absolute atomic E-state index is 12.1. The molecule has 0 aromatic rings. The molecule has 7 heteroatoms. The van der Waals surface area contributed by atoms with Gasteiger partial charge in [0.05, 0.1) is 20.3 Å². The van der Waals surface area contributed by atoms with Crippen molar-refractivity contribution in [1.29, 1.82) is 0 Å². The first-order valence-electron chi connectivity index (χ1n) is 7.07. The lowest BCUT2D eigenvalue weighted by Crippen LogP contribution is -2.59. The van der Waals surface area contributed by atoms with Gasteiger partial charge < -0.3 is 19.1 Å². The number of methoxy groups -OCH3 is 2. The molecule has 0 aromatic carbocycles. The minimum absolute atomic E-state index is 0.269. The highest BCUT2D eigenvalue weighted by atomic mass is 16.6. The van der Waals surface area contributed by atoms with Crippen LogP contribution in [0.2, 0.25) is 0 Å². The van der Waals surface area contributed by atoms with E-state index in [0.717, 1.165) is 0 Å². The van der Waals surface area contributed by atoms with E-state index < -0.39 is 17.7 Å². The van der Waals surface area contributed by atoms with Crippen LogP contribution in [-0.2, 0) is 19.0 Å². The molecule has 0 radical (unpaired) electrons.